The van der Waals surface area contributed by atoms with Crippen LogP contribution in [0.15, 0.2) is 217 Å². The van der Waals surface area contributed by atoms with E-state index in [0.29, 0.717) is 53.8 Å². The summed E-state index contributed by atoms with van der Waals surface area (Å²) in [6, 6.07) is 62.2. The van der Waals surface area contributed by atoms with Crippen molar-refractivity contribution in [3.63, 3.8) is 0 Å². The number of halogens is 7. The van der Waals surface area contributed by atoms with E-state index in [-0.39, 0.29) is 39.2 Å². The molecule has 18 nitrogen and oxygen atoms in total. The molecule has 0 unspecified atom stereocenters. The average molecular weight is 1850 g/mol. The molecule has 12 N–H and O–H groups in total. The van der Waals surface area contributed by atoms with E-state index < -0.39 is 56.0 Å². The van der Waals surface area contributed by atoms with Gasteiger partial charge in [0, 0.05) is 55.9 Å². The van der Waals surface area contributed by atoms with E-state index in [9.17, 15) is 66.7 Å². The number of ether oxygens (including phenoxy) is 1. The summed E-state index contributed by atoms with van der Waals surface area (Å²) in [5, 5.41) is 12.8. The lowest BCUT2D eigenvalue weighted by Gasteiger charge is -2.18. The van der Waals surface area contributed by atoms with Crippen LogP contribution in [0.2, 0.25) is 0 Å². The first-order valence-electron chi connectivity index (χ1n) is 43.6. The maximum atomic E-state index is 12.9. The number of sulfonamides is 2. The van der Waals surface area contributed by atoms with Crippen LogP contribution in [0.4, 0.5) is 57.4 Å². The Morgan fingerprint density at radius 3 is 1.14 bits per heavy atom. The number of alkyl halides is 6. The Kier molecular flexibility index (Phi) is 51.8. The van der Waals surface area contributed by atoms with Crippen molar-refractivity contribution in [3.05, 3.63) is 290 Å². The third-order valence-electron chi connectivity index (χ3n) is 17.6. The first-order valence-corrected chi connectivity index (χ1v) is 47.0. The van der Waals surface area contributed by atoms with Crippen LogP contribution in [0.25, 0.3) is 0 Å². The van der Waals surface area contributed by atoms with Crippen LogP contribution in [0.3, 0.4) is 0 Å². The minimum absolute atomic E-state index is 0.0303. The van der Waals surface area contributed by atoms with Crippen molar-refractivity contribution in [3.8, 4) is 5.75 Å². The summed E-state index contributed by atoms with van der Waals surface area (Å²) in [6.45, 7) is 43.3. The highest BCUT2D eigenvalue weighted by Gasteiger charge is 2.34. The maximum Gasteiger partial charge on any atom is 0.573 e. The van der Waals surface area contributed by atoms with Gasteiger partial charge in [0.05, 0.1) is 16.7 Å². The quantitative estimate of drug-likeness (QED) is 0.0198. The Hall–Kier alpha value is -10.8. The van der Waals surface area contributed by atoms with Crippen LogP contribution in [0.1, 0.15) is 220 Å². The van der Waals surface area contributed by atoms with Gasteiger partial charge in [0.15, 0.2) is 0 Å². The summed E-state index contributed by atoms with van der Waals surface area (Å²) < 4.78 is 136. The van der Waals surface area contributed by atoms with Crippen molar-refractivity contribution in [1.82, 2.24) is 15.5 Å². The number of anilines is 3. The van der Waals surface area contributed by atoms with E-state index in [1.54, 1.807) is 56.4 Å². The van der Waals surface area contributed by atoms with E-state index >= 15 is 0 Å². The third kappa shape index (κ3) is 58.0. The number of hydrogen-bond donors (Lipinski definition) is 8. The van der Waals surface area contributed by atoms with E-state index in [1.807, 2.05) is 135 Å². The molecule has 27 heteroatoms. The van der Waals surface area contributed by atoms with Gasteiger partial charge >= 0.3 is 24.6 Å². The lowest BCUT2D eigenvalue weighted by Crippen LogP contribution is -2.28. The Bertz CT molecular complexity index is 5050. The lowest BCUT2D eigenvalue weighted by molar-refractivity contribution is -0.274. The molecule has 9 rings (SSSR count). The topological polar surface area (TPSA) is 301 Å². The molecule has 9 aromatic carbocycles. The van der Waals surface area contributed by atoms with Gasteiger partial charge in [0.25, 0.3) is 11.8 Å². The van der Waals surface area contributed by atoms with Crippen molar-refractivity contribution in [2.45, 2.75) is 220 Å². The summed E-state index contributed by atoms with van der Waals surface area (Å²) in [5.74, 6) is 2.42. The monoisotopic (exact) mass is 1850 g/mol. The number of carbonyl (C=O) groups is 4. The lowest BCUT2D eigenvalue weighted by atomic mass is 9.88. The van der Waals surface area contributed by atoms with Gasteiger partial charge in [-0.2, -0.15) is 13.2 Å². The van der Waals surface area contributed by atoms with E-state index in [1.165, 1.54) is 52.1 Å². The molecule has 0 aliphatic carbocycles. The van der Waals surface area contributed by atoms with Crippen molar-refractivity contribution < 1.29 is 71.5 Å². The number of rotatable bonds is 25. The van der Waals surface area contributed by atoms with Crippen LogP contribution in [-0.2, 0) is 90.6 Å². The van der Waals surface area contributed by atoms with E-state index in [0.717, 1.165) is 120 Å². The summed E-state index contributed by atoms with van der Waals surface area (Å²) >= 11 is 0. The minimum Gasteiger partial charge on any atom is -0.406 e. The molecule has 0 aliphatic rings. The van der Waals surface area contributed by atoms with Crippen LogP contribution < -0.4 is 47.7 Å². The van der Waals surface area contributed by atoms with Gasteiger partial charge in [-0.15, -0.1) is 13.2 Å². The molecule has 0 saturated carbocycles. The fourth-order valence-corrected chi connectivity index (χ4v) is 13.8. The molecule has 0 heterocycles. The van der Waals surface area contributed by atoms with Gasteiger partial charge in [0.1, 0.15) is 11.6 Å². The molecule has 0 saturated heterocycles. The number of primary amides is 2. The molecule has 0 fully saturated rings. The molecule has 0 aromatic heterocycles. The highest BCUT2D eigenvalue weighted by atomic mass is 32.2. The van der Waals surface area contributed by atoms with Crippen molar-refractivity contribution in [1.29, 1.82) is 0 Å². The molecule has 0 radical (unpaired) electrons. The molecule has 130 heavy (non-hydrogen) atoms. The normalized spacial score (nSPS) is 11.3. The molecule has 0 bridgehead atoms. The maximum absolute atomic E-state index is 12.9. The van der Waals surface area contributed by atoms with Crippen molar-refractivity contribution >= 4 is 61.0 Å². The smallest absolute Gasteiger partial charge is 0.406 e. The van der Waals surface area contributed by atoms with E-state index in [4.69, 9.17) is 22.3 Å². The standard InChI is InChI=1S/C14H21NO.C13H19NO.C12H18N2O.C11H12F4.C11H13F3O.C11H16N2O.C11H17NO2S.C10H15NO2S.C10H15N/c1-14(2,3)10-11-6-8-12(9-7-11)13(16)15(4)5;1-13(2,3)9-10-5-7-11(8-6-10)12(15)14-4;1-9(2)6-10-4-3-5-11(7-10)8-14-12(13)15;1-7(2)5-8-3-4-10(12)9(6-8)11(13,14)15;1-8(2)7-9-3-5-10(6-4-9)15-11(12,13)14;1-8(2)6-9-4-3-5-10(7-9)13-11(12)14;1-9(2)7-10-5-4-6-11(8-10)12-15(3,13)14;1-8(2)6-9-4-3-5-10(7-9)14(11,12)13;1-8(2)7-9-3-5-10(11)6-4-9/h6-9H,10H2,1-5H3;5-8H,9H2,1-4H3,(H,14,15);3-5,7,9H,6,8H2,1-2H3,(H3,13,14,15);3-4,6-7H,5H2,1-2H3;3-6,8H,7H2,1-2H3;3-5,7-8H,6H2,1-2H3,(H3,12,13,14);4-6,8-9,12H,7H2,1-3H3;3-5,7-8H,6H2,1-2H3,(H2,11,12,13);3-6,8H,7,11H2,1-2H3. The average Bonchev–Trinajstić information content (AvgIpc) is 0.824. The minimum atomic E-state index is -4.61. The SMILES string of the molecule is CC(C)Cc1ccc(F)c(C(F)(F)F)c1.CC(C)Cc1ccc(N)cc1.CC(C)Cc1ccc(OC(F)(F)F)cc1.CC(C)Cc1cccc(CNC(N)=O)c1.CC(C)Cc1cccc(NC(N)=O)c1.CC(C)Cc1cccc(NS(C)(=O)=O)c1.CC(C)Cc1cccc(S(N)(=O)=O)c1.CN(C)C(=O)c1ccc(CC(C)(C)C)cc1.CNC(=O)c1ccc(CC(C)(C)C)cc1. The second-order valence-electron chi connectivity index (χ2n) is 37.6. The number of nitrogens with one attached hydrogen (secondary N) is 4. The molecule has 0 aliphatic heterocycles. The molecular formula is C103H146F7N9O9S2. The zero-order chi connectivity index (χ0) is 99.3. The number of urea groups is 2. The summed E-state index contributed by atoms with van der Waals surface area (Å²) in [4.78, 5) is 45.9. The fourth-order valence-electron chi connectivity index (χ4n) is 12.7. The largest absolute Gasteiger partial charge is 0.573 e. The summed E-state index contributed by atoms with van der Waals surface area (Å²) in [7, 11) is -1.55. The van der Waals surface area contributed by atoms with Crippen LogP contribution in [-0.4, -0.2) is 79.4 Å². The Balaban J connectivity index is 0.000000732. The number of nitrogens with zero attached hydrogens (tertiary/aromatic N) is 1. The Morgan fingerprint density at radius 1 is 0.423 bits per heavy atom. The Morgan fingerprint density at radius 2 is 0.769 bits per heavy atom. The molecule has 0 spiro atoms. The number of benzene rings is 9. The van der Waals surface area contributed by atoms with Gasteiger partial charge < -0.3 is 42.8 Å². The van der Waals surface area contributed by atoms with Gasteiger partial charge in [-0.3, -0.25) is 14.3 Å². The fraction of sp³-hybridized carbons (Fsp3) is 0.437. The number of hydrogen-bond acceptors (Lipinski definition) is 10. The van der Waals surface area contributed by atoms with Crippen molar-refractivity contribution in [2.24, 2.45) is 68.9 Å². The van der Waals surface area contributed by atoms with Gasteiger partial charge in [0.2, 0.25) is 20.0 Å². The van der Waals surface area contributed by atoms with Gasteiger partial charge in [-0.05, 0) is 263 Å². The van der Waals surface area contributed by atoms with E-state index in [2.05, 4.69) is 174 Å². The van der Waals surface area contributed by atoms with Crippen molar-refractivity contribution in [2.75, 3.05) is 43.2 Å². The van der Waals surface area contributed by atoms with Crippen LogP contribution in [0.5, 0.6) is 5.75 Å². The number of amides is 6. The first kappa shape index (κ1) is 117. The first-order chi connectivity index (χ1) is 60.0. The zero-order valence-electron chi connectivity index (χ0n) is 80.7. The predicted octanol–water partition coefficient (Wildman–Crippen LogP) is 24.1. The zero-order valence-corrected chi connectivity index (χ0v) is 82.3. The van der Waals surface area contributed by atoms with Crippen LogP contribution in [0, 0.1) is 58.1 Å². The number of primary sulfonamides is 1. The van der Waals surface area contributed by atoms with Gasteiger partial charge in [-0.25, -0.2) is 36.0 Å². The molecule has 718 valence electrons. The summed E-state index contributed by atoms with van der Waals surface area (Å²) in [6.07, 6.45) is 0.389. The third-order valence-corrected chi connectivity index (χ3v) is 19.1. The molecule has 0 atom stereocenters. The molecule has 6 amide bonds. The predicted molar refractivity (Wildman–Crippen MR) is 521 cm³/mol. The highest BCUT2D eigenvalue weighted by molar-refractivity contribution is 7.92. The molecular weight excluding hydrogens is 1700 g/mol. The number of carbonyl (C=O) groups excluding carboxylic acids is 4. The Labute approximate surface area is 772 Å². The number of nitrogens with two attached hydrogens (primary N) is 4. The second kappa shape index (κ2) is 57.4. The van der Waals surface area contributed by atoms with Gasteiger partial charge in [-0.1, -0.05) is 254 Å². The molecule has 9 aromatic rings. The number of nitrogen functional groups attached to an aromatic ring is 1. The highest BCUT2D eigenvalue weighted by Crippen LogP contribution is 2.33. The summed E-state index contributed by atoms with van der Waals surface area (Å²) in [5.41, 5.74) is 29.9. The van der Waals surface area contributed by atoms with Crippen LogP contribution >= 0.6 is 0 Å². The second-order valence-corrected chi connectivity index (χ2v) is 40.9.